The van der Waals surface area contributed by atoms with Gasteiger partial charge in [-0.05, 0) is 61.6 Å². The van der Waals surface area contributed by atoms with E-state index < -0.39 is 0 Å². The molecule has 1 aliphatic carbocycles. The van der Waals surface area contributed by atoms with Gasteiger partial charge in [0.1, 0.15) is 17.2 Å². The van der Waals surface area contributed by atoms with Crippen LogP contribution >= 0.6 is 0 Å². The molecule has 0 N–H and O–H groups in total. The van der Waals surface area contributed by atoms with E-state index in [1.807, 2.05) is 48.5 Å². The van der Waals surface area contributed by atoms with E-state index in [2.05, 4.69) is 44.2 Å². The summed E-state index contributed by atoms with van der Waals surface area (Å²) in [7, 11) is 0. The third kappa shape index (κ3) is 6.14. The zero-order valence-electron chi connectivity index (χ0n) is 19.3. The summed E-state index contributed by atoms with van der Waals surface area (Å²) >= 11 is 0. The lowest BCUT2D eigenvalue weighted by molar-refractivity contribution is 0.0813. The van der Waals surface area contributed by atoms with Gasteiger partial charge in [-0.2, -0.15) is 0 Å². The normalized spacial score (nSPS) is 14.8. The van der Waals surface area contributed by atoms with Gasteiger partial charge < -0.3 is 14.2 Å². The molecule has 1 fully saturated rings. The summed E-state index contributed by atoms with van der Waals surface area (Å²) in [5.74, 6) is 2.64. The number of hydrogen-bond donors (Lipinski definition) is 0. The smallest absolute Gasteiger partial charge is 0.132 e. The van der Waals surface area contributed by atoms with Crippen molar-refractivity contribution in [2.24, 2.45) is 0 Å². The fourth-order valence-corrected chi connectivity index (χ4v) is 4.20. The van der Waals surface area contributed by atoms with E-state index in [9.17, 15) is 0 Å². The maximum Gasteiger partial charge on any atom is 0.132 e. The number of rotatable bonds is 9. The van der Waals surface area contributed by atoms with E-state index in [1.54, 1.807) is 0 Å². The molecule has 0 atom stereocenters. The second-order valence-electron chi connectivity index (χ2n) is 9.30. The summed E-state index contributed by atoms with van der Waals surface area (Å²) in [6.45, 7) is 5.57. The molecule has 3 heteroatoms. The molecule has 0 saturated heterocycles. The minimum absolute atomic E-state index is 0.0986. The predicted octanol–water partition coefficient (Wildman–Crippen LogP) is 7.68. The standard InChI is InChI=1S/C29H34O3/c1-29(2,24-17-19-27(20-18-24)31-25-12-5-3-6-13-25)22-30-21-23-11-9-10-16-28(23)32-26-14-7-4-8-15-26/h4,7-11,14-20,25H,3,5-6,12-13,21-22H2,1-2H3. The molecule has 0 unspecified atom stereocenters. The third-order valence-corrected chi connectivity index (χ3v) is 6.15. The first-order valence-corrected chi connectivity index (χ1v) is 11.8. The first kappa shape index (κ1) is 22.4. The van der Waals surface area contributed by atoms with E-state index >= 15 is 0 Å². The molecular formula is C29H34O3. The molecule has 1 aliphatic rings. The molecule has 168 valence electrons. The Morgan fingerprint density at radius 3 is 2.19 bits per heavy atom. The van der Waals surface area contributed by atoms with Gasteiger partial charge in [-0.25, -0.2) is 0 Å². The van der Waals surface area contributed by atoms with Gasteiger partial charge in [0.2, 0.25) is 0 Å². The van der Waals surface area contributed by atoms with Gasteiger partial charge >= 0.3 is 0 Å². The maximum atomic E-state index is 6.18. The minimum Gasteiger partial charge on any atom is -0.490 e. The predicted molar refractivity (Wildman–Crippen MR) is 130 cm³/mol. The summed E-state index contributed by atoms with van der Waals surface area (Å²) in [5, 5.41) is 0. The Morgan fingerprint density at radius 2 is 1.44 bits per heavy atom. The second kappa shape index (κ2) is 10.7. The Morgan fingerprint density at radius 1 is 0.750 bits per heavy atom. The van der Waals surface area contributed by atoms with Gasteiger partial charge in [0.15, 0.2) is 0 Å². The first-order chi connectivity index (χ1) is 15.6. The van der Waals surface area contributed by atoms with Crippen LogP contribution in [0.15, 0.2) is 78.9 Å². The zero-order chi connectivity index (χ0) is 22.2. The molecule has 1 saturated carbocycles. The Hall–Kier alpha value is -2.78. The molecule has 0 aliphatic heterocycles. The Bertz CT molecular complexity index is 957. The highest BCUT2D eigenvalue weighted by Crippen LogP contribution is 2.30. The van der Waals surface area contributed by atoms with Crippen LogP contribution in [0, 0.1) is 0 Å². The van der Waals surface area contributed by atoms with Gasteiger partial charge in [-0.3, -0.25) is 0 Å². The number of benzene rings is 3. The summed E-state index contributed by atoms with van der Waals surface area (Å²) in [4.78, 5) is 0. The molecule has 0 bridgehead atoms. The molecule has 0 aromatic heterocycles. The van der Waals surface area contributed by atoms with Crippen LogP contribution in [-0.2, 0) is 16.8 Å². The van der Waals surface area contributed by atoms with Crippen molar-refractivity contribution in [2.45, 2.75) is 64.1 Å². The van der Waals surface area contributed by atoms with Crippen LogP contribution in [0.3, 0.4) is 0 Å². The summed E-state index contributed by atoms with van der Waals surface area (Å²) in [6.07, 6.45) is 6.64. The summed E-state index contributed by atoms with van der Waals surface area (Å²) < 4.78 is 18.4. The highest BCUT2D eigenvalue weighted by atomic mass is 16.5. The Labute approximate surface area is 192 Å². The second-order valence-corrected chi connectivity index (χ2v) is 9.30. The molecule has 0 heterocycles. The average molecular weight is 431 g/mol. The zero-order valence-corrected chi connectivity index (χ0v) is 19.3. The van der Waals surface area contributed by atoms with Crippen molar-refractivity contribution in [3.8, 4) is 17.2 Å². The van der Waals surface area contributed by atoms with Crippen LogP contribution in [0.2, 0.25) is 0 Å². The Balaban J connectivity index is 1.32. The lowest BCUT2D eigenvalue weighted by Gasteiger charge is -2.26. The van der Waals surface area contributed by atoms with Gasteiger partial charge in [-0.1, -0.05) is 68.8 Å². The quantitative estimate of drug-likeness (QED) is 0.348. The van der Waals surface area contributed by atoms with Crippen LogP contribution in [-0.4, -0.2) is 12.7 Å². The fraction of sp³-hybridized carbons (Fsp3) is 0.379. The van der Waals surface area contributed by atoms with Crippen LogP contribution in [0.25, 0.3) is 0 Å². The Kier molecular flexibility index (Phi) is 7.49. The number of para-hydroxylation sites is 2. The largest absolute Gasteiger partial charge is 0.490 e. The van der Waals surface area contributed by atoms with Crippen molar-refractivity contribution in [3.63, 3.8) is 0 Å². The molecular weight excluding hydrogens is 396 g/mol. The highest BCUT2D eigenvalue weighted by molar-refractivity contribution is 5.37. The monoisotopic (exact) mass is 430 g/mol. The van der Waals surface area contributed by atoms with Crippen LogP contribution < -0.4 is 9.47 Å². The fourth-order valence-electron chi connectivity index (χ4n) is 4.20. The molecule has 0 amide bonds. The van der Waals surface area contributed by atoms with Crippen molar-refractivity contribution in [2.75, 3.05) is 6.61 Å². The summed E-state index contributed by atoms with van der Waals surface area (Å²) in [6, 6.07) is 26.5. The van der Waals surface area contributed by atoms with E-state index in [4.69, 9.17) is 14.2 Å². The summed E-state index contributed by atoms with van der Waals surface area (Å²) in [5.41, 5.74) is 2.20. The molecule has 4 rings (SSSR count). The SMILES string of the molecule is CC(C)(COCc1ccccc1Oc1ccccc1)c1ccc(OC2CCCCC2)cc1. The van der Waals surface area contributed by atoms with Crippen molar-refractivity contribution in [3.05, 3.63) is 90.0 Å². The molecule has 32 heavy (non-hydrogen) atoms. The van der Waals surface area contributed by atoms with Gasteiger partial charge in [0, 0.05) is 11.0 Å². The third-order valence-electron chi connectivity index (χ3n) is 6.15. The van der Waals surface area contributed by atoms with Crippen molar-refractivity contribution in [1.29, 1.82) is 0 Å². The van der Waals surface area contributed by atoms with E-state index in [-0.39, 0.29) is 5.41 Å². The lowest BCUT2D eigenvalue weighted by Crippen LogP contribution is -2.24. The number of hydrogen-bond acceptors (Lipinski definition) is 3. The minimum atomic E-state index is -0.0986. The van der Waals surface area contributed by atoms with Gasteiger partial charge in [-0.15, -0.1) is 0 Å². The van der Waals surface area contributed by atoms with E-state index in [1.165, 1.54) is 37.7 Å². The highest BCUT2D eigenvalue weighted by Gasteiger charge is 2.22. The van der Waals surface area contributed by atoms with Gasteiger partial charge in [0.25, 0.3) is 0 Å². The maximum absolute atomic E-state index is 6.18. The van der Waals surface area contributed by atoms with E-state index in [0.717, 1.165) is 22.8 Å². The van der Waals surface area contributed by atoms with E-state index in [0.29, 0.717) is 19.3 Å². The number of ether oxygens (including phenoxy) is 3. The molecule has 0 radical (unpaired) electrons. The molecule has 3 nitrogen and oxygen atoms in total. The molecule has 0 spiro atoms. The average Bonchev–Trinajstić information content (AvgIpc) is 2.82. The topological polar surface area (TPSA) is 27.7 Å². The van der Waals surface area contributed by atoms with Crippen LogP contribution in [0.4, 0.5) is 0 Å². The van der Waals surface area contributed by atoms with Crippen molar-refractivity contribution >= 4 is 0 Å². The first-order valence-electron chi connectivity index (χ1n) is 11.8. The van der Waals surface area contributed by atoms with Crippen molar-refractivity contribution in [1.82, 2.24) is 0 Å². The lowest BCUT2D eigenvalue weighted by atomic mass is 9.85. The van der Waals surface area contributed by atoms with Crippen molar-refractivity contribution < 1.29 is 14.2 Å². The molecule has 3 aromatic rings. The molecule has 3 aromatic carbocycles. The van der Waals surface area contributed by atoms with Crippen LogP contribution in [0.1, 0.15) is 57.1 Å². The van der Waals surface area contributed by atoms with Crippen LogP contribution in [0.5, 0.6) is 17.2 Å². The van der Waals surface area contributed by atoms with Gasteiger partial charge in [0.05, 0.1) is 19.3 Å².